The number of aliphatic hydroxyl groups excluding tert-OH is 1. The second-order valence-electron chi connectivity index (χ2n) is 11.4. The summed E-state index contributed by atoms with van der Waals surface area (Å²) >= 11 is 0. The zero-order valence-corrected chi connectivity index (χ0v) is 27.0. The van der Waals surface area contributed by atoms with Gasteiger partial charge in [-0.1, -0.05) is 56.3 Å². The third kappa shape index (κ3) is 10.4. The number of ether oxygens (including phenoxy) is 2. The smallest absolute Gasteiger partial charge is 0.351 e. The van der Waals surface area contributed by atoms with Gasteiger partial charge in [0.1, 0.15) is 17.9 Å². The molecule has 276 valence electrons. The van der Waals surface area contributed by atoms with E-state index in [1.807, 2.05) is 5.32 Å². The minimum atomic E-state index is -4.45. The normalized spacial score (nSPS) is 13.2. The lowest BCUT2D eigenvalue weighted by Crippen LogP contribution is -2.61. The Labute approximate surface area is 286 Å². The maximum absolute atomic E-state index is 15.4. The monoisotopic (exact) mass is 730 g/mol. The number of amides is 3. The molecule has 18 heteroatoms. The van der Waals surface area contributed by atoms with Gasteiger partial charge in [0.15, 0.2) is 6.61 Å². The summed E-state index contributed by atoms with van der Waals surface area (Å²) < 4.78 is 108. The fraction of sp³-hybridized carbons (Fsp3) is 0.333. The van der Waals surface area contributed by atoms with Gasteiger partial charge >= 0.3 is 11.9 Å². The van der Waals surface area contributed by atoms with Crippen molar-refractivity contribution in [2.24, 2.45) is 11.7 Å². The first-order chi connectivity index (χ1) is 24.0. The number of hydrogen-bond donors (Lipinski definition) is 5. The molecule has 1 unspecified atom stereocenters. The number of carbonyl (C=O) groups is 4. The average Bonchev–Trinajstić information content (AvgIpc) is 3.11. The van der Waals surface area contributed by atoms with E-state index in [1.165, 1.54) is 24.3 Å². The van der Waals surface area contributed by atoms with Gasteiger partial charge in [-0.25, -0.2) is 18.0 Å². The standard InChI is InChI=1S/C33H33F7N4O7/c1-16(2)28(44-21(45)13-41)31(48)43-20(30(47)33(39,40)32(49)42-14-18-6-4-3-5-7-18)12-17-8-10-19(11-9-17)50-15-22(46)51-29-26(37)24(35)23(34)25(36)27(29)38/h3-11,16,20,28,30,47H,12-15,41H2,1-2H3,(H,42,49)(H,43,48)(H,44,45)/t20-,28-,30?/m0/s1. The van der Waals surface area contributed by atoms with Crippen molar-refractivity contribution < 1.29 is 64.5 Å². The molecule has 0 aliphatic rings. The molecule has 0 bridgehead atoms. The molecule has 0 aromatic heterocycles. The highest BCUT2D eigenvalue weighted by atomic mass is 19.3. The van der Waals surface area contributed by atoms with Gasteiger partial charge in [-0.05, 0) is 35.6 Å². The molecule has 6 N–H and O–H groups in total. The Morgan fingerprint density at radius 3 is 1.94 bits per heavy atom. The van der Waals surface area contributed by atoms with Crippen LogP contribution in [0.5, 0.6) is 11.5 Å². The van der Waals surface area contributed by atoms with E-state index in [1.54, 1.807) is 44.2 Å². The van der Waals surface area contributed by atoms with Crippen LogP contribution in [0.15, 0.2) is 54.6 Å². The molecular formula is C33H33F7N4O7. The van der Waals surface area contributed by atoms with Crippen molar-refractivity contribution in [1.29, 1.82) is 0 Å². The fourth-order valence-electron chi connectivity index (χ4n) is 4.50. The number of aliphatic hydroxyl groups is 1. The van der Waals surface area contributed by atoms with E-state index >= 15 is 8.78 Å². The first-order valence-corrected chi connectivity index (χ1v) is 15.1. The van der Waals surface area contributed by atoms with E-state index < -0.39 is 108 Å². The van der Waals surface area contributed by atoms with Gasteiger partial charge in [-0.3, -0.25) is 14.4 Å². The van der Waals surface area contributed by atoms with Crippen LogP contribution in [0.1, 0.15) is 25.0 Å². The number of nitrogens with two attached hydrogens (primary N) is 1. The van der Waals surface area contributed by atoms with Gasteiger partial charge in [0.2, 0.25) is 46.6 Å². The number of benzene rings is 3. The Kier molecular flexibility index (Phi) is 13.9. The maximum atomic E-state index is 15.4. The lowest BCUT2D eigenvalue weighted by molar-refractivity contribution is -0.168. The number of nitrogens with one attached hydrogen (secondary N) is 3. The van der Waals surface area contributed by atoms with Crippen LogP contribution in [0.25, 0.3) is 0 Å². The van der Waals surface area contributed by atoms with Crippen molar-refractivity contribution in [3.05, 3.63) is 94.8 Å². The highest BCUT2D eigenvalue weighted by molar-refractivity contribution is 5.89. The number of esters is 1. The number of rotatable bonds is 16. The quantitative estimate of drug-likeness (QED) is 0.0493. The lowest BCUT2D eigenvalue weighted by Gasteiger charge is -2.31. The van der Waals surface area contributed by atoms with Gasteiger partial charge < -0.3 is 36.3 Å². The van der Waals surface area contributed by atoms with Gasteiger partial charge in [0.25, 0.3) is 5.91 Å². The first-order valence-electron chi connectivity index (χ1n) is 15.1. The first kappa shape index (κ1) is 40.2. The van der Waals surface area contributed by atoms with Crippen molar-refractivity contribution in [2.75, 3.05) is 13.2 Å². The van der Waals surface area contributed by atoms with Crippen molar-refractivity contribution in [3.8, 4) is 11.5 Å². The summed E-state index contributed by atoms with van der Waals surface area (Å²) in [5.41, 5.74) is 5.97. The SMILES string of the molecule is CC(C)[C@H](NC(=O)CN)C(=O)N[C@@H](Cc1ccc(OCC(=O)Oc2c(F)c(F)c(F)c(F)c2F)cc1)C(O)C(F)(F)C(=O)NCc1ccccc1. The Bertz CT molecular complexity index is 1680. The second-order valence-corrected chi connectivity index (χ2v) is 11.4. The van der Waals surface area contributed by atoms with Crippen LogP contribution in [-0.2, 0) is 32.1 Å². The van der Waals surface area contributed by atoms with E-state index in [2.05, 4.69) is 15.4 Å². The number of carbonyl (C=O) groups excluding carboxylic acids is 4. The zero-order chi connectivity index (χ0) is 38.0. The maximum Gasteiger partial charge on any atom is 0.351 e. The van der Waals surface area contributed by atoms with E-state index in [0.717, 1.165) is 0 Å². The molecule has 3 aromatic rings. The molecule has 0 fully saturated rings. The van der Waals surface area contributed by atoms with E-state index in [9.17, 15) is 46.2 Å². The molecule has 0 aliphatic heterocycles. The Balaban J connectivity index is 1.77. The Hall–Kier alpha value is -5.23. The van der Waals surface area contributed by atoms with Gasteiger partial charge in [-0.2, -0.15) is 17.6 Å². The molecule has 0 aliphatic carbocycles. The van der Waals surface area contributed by atoms with Gasteiger partial charge in [0.05, 0.1) is 12.6 Å². The molecule has 0 radical (unpaired) electrons. The number of alkyl halides is 2. The van der Waals surface area contributed by atoms with Crippen LogP contribution in [0.4, 0.5) is 30.7 Å². The van der Waals surface area contributed by atoms with Gasteiger partial charge in [-0.15, -0.1) is 0 Å². The minimum absolute atomic E-state index is 0.121. The molecule has 0 spiro atoms. The van der Waals surface area contributed by atoms with Crippen molar-refractivity contribution >= 4 is 23.7 Å². The lowest BCUT2D eigenvalue weighted by atomic mass is 9.95. The Morgan fingerprint density at radius 1 is 0.824 bits per heavy atom. The van der Waals surface area contributed by atoms with Crippen LogP contribution in [0.2, 0.25) is 0 Å². The van der Waals surface area contributed by atoms with Crippen LogP contribution >= 0.6 is 0 Å². The second kappa shape index (κ2) is 17.6. The number of halogens is 7. The summed E-state index contributed by atoms with van der Waals surface area (Å²) in [7, 11) is 0. The minimum Gasteiger partial charge on any atom is -0.482 e. The Morgan fingerprint density at radius 2 is 1.39 bits per heavy atom. The summed E-state index contributed by atoms with van der Waals surface area (Å²) in [6.07, 6.45) is -3.32. The van der Waals surface area contributed by atoms with Crippen molar-refractivity contribution in [3.63, 3.8) is 0 Å². The van der Waals surface area contributed by atoms with E-state index in [0.29, 0.717) is 5.56 Å². The molecule has 3 rings (SSSR count). The summed E-state index contributed by atoms with van der Waals surface area (Å²) in [5.74, 6) is -23.9. The average molecular weight is 731 g/mol. The fourth-order valence-corrected chi connectivity index (χ4v) is 4.50. The molecule has 3 aromatic carbocycles. The highest BCUT2D eigenvalue weighted by Crippen LogP contribution is 2.29. The number of hydrogen-bond acceptors (Lipinski definition) is 8. The third-order valence-electron chi connectivity index (χ3n) is 7.25. The zero-order valence-electron chi connectivity index (χ0n) is 27.0. The summed E-state index contributed by atoms with van der Waals surface area (Å²) in [4.78, 5) is 49.7. The van der Waals surface area contributed by atoms with Crippen molar-refractivity contribution in [1.82, 2.24) is 16.0 Å². The molecule has 0 heterocycles. The van der Waals surface area contributed by atoms with E-state index in [-0.39, 0.29) is 17.9 Å². The van der Waals surface area contributed by atoms with Crippen LogP contribution < -0.4 is 31.2 Å². The third-order valence-corrected chi connectivity index (χ3v) is 7.25. The molecule has 51 heavy (non-hydrogen) atoms. The highest BCUT2D eigenvalue weighted by Gasteiger charge is 2.50. The topological polar surface area (TPSA) is 169 Å². The molecule has 11 nitrogen and oxygen atoms in total. The molecule has 0 saturated carbocycles. The summed E-state index contributed by atoms with van der Waals surface area (Å²) in [6.45, 7) is 1.25. The van der Waals surface area contributed by atoms with Crippen LogP contribution in [0.3, 0.4) is 0 Å². The van der Waals surface area contributed by atoms with Gasteiger partial charge in [0, 0.05) is 6.54 Å². The molecule has 0 saturated heterocycles. The summed E-state index contributed by atoms with van der Waals surface area (Å²) in [6, 6.07) is 9.81. The molecular weight excluding hydrogens is 697 g/mol. The van der Waals surface area contributed by atoms with Crippen LogP contribution in [0, 0.1) is 35.0 Å². The van der Waals surface area contributed by atoms with Crippen molar-refractivity contribution in [2.45, 2.75) is 50.9 Å². The predicted molar refractivity (Wildman–Crippen MR) is 165 cm³/mol. The van der Waals surface area contributed by atoms with Crippen LogP contribution in [-0.4, -0.2) is 66.1 Å². The summed E-state index contributed by atoms with van der Waals surface area (Å²) in [5, 5.41) is 17.5. The molecule has 3 amide bonds. The van der Waals surface area contributed by atoms with E-state index in [4.69, 9.17) is 10.5 Å². The largest absolute Gasteiger partial charge is 0.482 e. The molecule has 3 atom stereocenters. The predicted octanol–water partition coefficient (Wildman–Crippen LogP) is 2.81.